The zero-order chi connectivity index (χ0) is 14.1. The van der Waals surface area contributed by atoms with Crippen LogP contribution in [0.2, 0.25) is 0 Å². The number of aromatic nitrogens is 2. The molecule has 0 aliphatic heterocycles. The molecule has 1 aromatic heterocycles. The van der Waals surface area contributed by atoms with Gasteiger partial charge in [-0.2, -0.15) is 5.10 Å². The number of carbonyl (C=O) groups is 1. The second kappa shape index (κ2) is 5.09. The Hall–Kier alpha value is -1.37. The van der Waals surface area contributed by atoms with Crippen LogP contribution in [0.4, 0.5) is 0 Å². The van der Waals surface area contributed by atoms with Crippen LogP contribution < -0.4 is 0 Å². The van der Waals surface area contributed by atoms with Crippen molar-refractivity contribution in [3.05, 3.63) is 17.5 Å². The molecule has 1 rings (SSSR count). The van der Waals surface area contributed by atoms with Gasteiger partial charge >= 0.3 is 5.97 Å². The minimum absolute atomic E-state index is 0.0470. The van der Waals surface area contributed by atoms with Crippen LogP contribution in [-0.2, 0) is 15.6 Å². The quantitative estimate of drug-likeness (QED) is 0.878. The lowest BCUT2D eigenvalue weighted by molar-refractivity contribution is 0.0680. The molecule has 0 aromatic carbocycles. The number of hydrogen-bond donors (Lipinski definition) is 1. The molecule has 7 heteroatoms. The van der Waals surface area contributed by atoms with Gasteiger partial charge in [0, 0.05) is 11.6 Å². The summed E-state index contributed by atoms with van der Waals surface area (Å²) in [6.45, 7) is 6.73. The van der Waals surface area contributed by atoms with Crippen LogP contribution in [0.5, 0.6) is 0 Å². The number of rotatable bonds is 5. The number of carboxylic acids is 1. The smallest absolute Gasteiger partial charge is 0.354 e. The highest BCUT2D eigenvalue weighted by molar-refractivity contribution is 7.91. The predicted octanol–water partition coefficient (Wildman–Crippen LogP) is 1.49. The van der Waals surface area contributed by atoms with E-state index in [2.05, 4.69) is 5.10 Å². The molecular weight excluding hydrogens is 256 g/mol. The topological polar surface area (TPSA) is 89.3 Å². The average Bonchev–Trinajstić information content (AvgIpc) is 2.60. The molecule has 0 spiro atoms. The standard InChI is InChI=1S/C11H18N2O4S/c1-7(2)13-10(11(14)15)9(5-12-13)6-18(16,17)8(3)4/h5,7-8H,6H2,1-4H3,(H,14,15). The summed E-state index contributed by atoms with van der Waals surface area (Å²) < 4.78 is 25.0. The highest BCUT2D eigenvalue weighted by Gasteiger charge is 2.25. The van der Waals surface area contributed by atoms with E-state index >= 15 is 0 Å². The molecule has 1 N–H and O–H groups in total. The largest absolute Gasteiger partial charge is 0.477 e. The molecule has 0 aliphatic rings. The highest BCUT2D eigenvalue weighted by Crippen LogP contribution is 2.18. The monoisotopic (exact) mass is 274 g/mol. The molecule has 0 saturated carbocycles. The zero-order valence-corrected chi connectivity index (χ0v) is 11.7. The first kappa shape index (κ1) is 14.7. The fraction of sp³-hybridized carbons (Fsp3) is 0.636. The van der Waals surface area contributed by atoms with Crippen LogP contribution in [0.15, 0.2) is 6.20 Å². The Kier molecular flexibility index (Phi) is 4.16. The van der Waals surface area contributed by atoms with Crippen LogP contribution >= 0.6 is 0 Å². The lowest BCUT2D eigenvalue weighted by atomic mass is 10.2. The third-order valence-corrected chi connectivity index (χ3v) is 4.79. The van der Waals surface area contributed by atoms with E-state index in [9.17, 15) is 13.2 Å². The van der Waals surface area contributed by atoms with E-state index in [0.29, 0.717) is 0 Å². The van der Waals surface area contributed by atoms with Gasteiger partial charge < -0.3 is 5.11 Å². The normalized spacial score (nSPS) is 12.3. The van der Waals surface area contributed by atoms with Crippen molar-refractivity contribution in [3.8, 4) is 0 Å². The van der Waals surface area contributed by atoms with Gasteiger partial charge in [-0.15, -0.1) is 0 Å². The van der Waals surface area contributed by atoms with Crippen molar-refractivity contribution in [1.29, 1.82) is 0 Å². The van der Waals surface area contributed by atoms with E-state index in [-0.39, 0.29) is 23.1 Å². The Morgan fingerprint density at radius 3 is 2.33 bits per heavy atom. The van der Waals surface area contributed by atoms with Crippen LogP contribution in [0.1, 0.15) is 49.8 Å². The first-order valence-electron chi connectivity index (χ1n) is 5.68. The average molecular weight is 274 g/mol. The molecule has 0 radical (unpaired) electrons. The molecule has 0 saturated heterocycles. The van der Waals surface area contributed by atoms with Crippen molar-refractivity contribution in [3.63, 3.8) is 0 Å². The summed E-state index contributed by atoms with van der Waals surface area (Å²) in [6.07, 6.45) is 1.32. The number of carboxylic acid groups (broad SMARTS) is 1. The molecule has 0 amide bonds. The summed E-state index contributed by atoms with van der Waals surface area (Å²) in [5.74, 6) is -1.45. The first-order chi connectivity index (χ1) is 8.16. The molecular formula is C11H18N2O4S. The number of hydrogen-bond acceptors (Lipinski definition) is 4. The minimum Gasteiger partial charge on any atom is -0.477 e. The van der Waals surface area contributed by atoms with Crippen LogP contribution in [-0.4, -0.2) is 34.5 Å². The molecule has 0 fully saturated rings. The SMILES string of the molecule is CC(C)n1ncc(CS(=O)(=O)C(C)C)c1C(=O)O. The fourth-order valence-electron chi connectivity index (χ4n) is 1.51. The molecule has 0 aliphatic carbocycles. The minimum atomic E-state index is -3.34. The fourth-order valence-corrected chi connectivity index (χ4v) is 2.49. The van der Waals surface area contributed by atoms with Gasteiger partial charge in [0.25, 0.3) is 0 Å². The molecule has 6 nitrogen and oxygen atoms in total. The third-order valence-electron chi connectivity index (χ3n) is 2.64. The molecule has 102 valence electrons. The predicted molar refractivity (Wildman–Crippen MR) is 67.3 cm³/mol. The van der Waals surface area contributed by atoms with Gasteiger partial charge in [0.15, 0.2) is 15.5 Å². The Bertz CT molecular complexity index is 543. The lowest BCUT2D eigenvalue weighted by Crippen LogP contribution is -2.19. The molecule has 0 atom stereocenters. The van der Waals surface area contributed by atoms with Crippen molar-refractivity contribution in [2.45, 2.75) is 44.7 Å². The second-order valence-electron chi connectivity index (χ2n) is 4.72. The summed E-state index contributed by atoms with van der Waals surface area (Å²) in [5.41, 5.74) is 0.194. The Balaban J connectivity index is 3.23. The summed E-state index contributed by atoms with van der Waals surface area (Å²) >= 11 is 0. The molecule has 1 aromatic rings. The maximum atomic E-state index is 11.8. The van der Waals surface area contributed by atoms with E-state index in [1.54, 1.807) is 27.7 Å². The van der Waals surface area contributed by atoms with E-state index in [1.807, 2.05) is 0 Å². The maximum absolute atomic E-state index is 11.8. The summed E-state index contributed by atoms with van der Waals surface area (Å²) in [6, 6.07) is -0.133. The van der Waals surface area contributed by atoms with Crippen molar-refractivity contribution >= 4 is 15.8 Å². The van der Waals surface area contributed by atoms with Crippen molar-refractivity contribution in [1.82, 2.24) is 9.78 Å². The highest BCUT2D eigenvalue weighted by atomic mass is 32.2. The number of nitrogens with zero attached hydrogens (tertiary/aromatic N) is 2. The van der Waals surface area contributed by atoms with Crippen LogP contribution in [0.3, 0.4) is 0 Å². The Labute approximate surface area is 107 Å². The van der Waals surface area contributed by atoms with Crippen LogP contribution in [0.25, 0.3) is 0 Å². The molecule has 0 bridgehead atoms. The lowest BCUT2D eigenvalue weighted by Gasteiger charge is -2.10. The van der Waals surface area contributed by atoms with Gasteiger partial charge in [0.05, 0.1) is 17.2 Å². The van der Waals surface area contributed by atoms with Gasteiger partial charge in [-0.3, -0.25) is 4.68 Å². The number of aromatic carboxylic acids is 1. The zero-order valence-electron chi connectivity index (χ0n) is 10.9. The van der Waals surface area contributed by atoms with Crippen LogP contribution in [0, 0.1) is 0 Å². The van der Waals surface area contributed by atoms with E-state index < -0.39 is 21.1 Å². The Morgan fingerprint density at radius 2 is 1.94 bits per heavy atom. The van der Waals surface area contributed by atoms with E-state index in [1.165, 1.54) is 10.9 Å². The molecule has 1 heterocycles. The third kappa shape index (κ3) is 2.90. The van der Waals surface area contributed by atoms with E-state index in [4.69, 9.17) is 5.11 Å². The Morgan fingerprint density at radius 1 is 1.39 bits per heavy atom. The van der Waals surface area contributed by atoms with Gasteiger partial charge in [-0.25, -0.2) is 13.2 Å². The molecule has 0 unspecified atom stereocenters. The van der Waals surface area contributed by atoms with Gasteiger partial charge in [-0.1, -0.05) is 0 Å². The summed E-state index contributed by atoms with van der Waals surface area (Å²) in [7, 11) is -3.34. The van der Waals surface area contributed by atoms with Crippen molar-refractivity contribution in [2.24, 2.45) is 0 Å². The van der Waals surface area contributed by atoms with Crippen molar-refractivity contribution < 1.29 is 18.3 Å². The molecule has 18 heavy (non-hydrogen) atoms. The van der Waals surface area contributed by atoms with Gasteiger partial charge in [0.2, 0.25) is 0 Å². The maximum Gasteiger partial charge on any atom is 0.354 e. The van der Waals surface area contributed by atoms with E-state index in [0.717, 1.165) is 0 Å². The second-order valence-corrected chi connectivity index (χ2v) is 7.28. The summed E-state index contributed by atoms with van der Waals surface area (Å²) in [5, 5.41) is 12.6. The van der Waals surface area contributed by atoms with Gasteiger partial charge in [-0.05, 0) is 27.7 Å². The van der Waals surface area contributed by atoms with Gasteiger partial charge in [0.1, 0.15) is 0 Å². The first-order valence-corrected chi connectivity index (χ1v) is 7.39. The number of sulfone groups is 1. The summed E-state index contributed by atoms with van der Waals surface area (Å²) in [4.78, 5) is 11.2. The van der Waals surface area contributed by atoms with Crippen molar-refractivity contribution in [2.75, 3.05) is 0 Å².